The van der Waals surface area contributed by atoms with E-state index in [1.165, 1.54) is 0 Å². The molecule has 0 unspecified atom stereocenters. The van der Waals surface area contributed by atoms with Crippen LogP contribution < -0.4 is 5.32 Å². The molecule has 1 aromatic carbocycles. The van der Waals surface area contributed by atoms with Gasteiger partial charge in [0.15, 0.2) is 5.82 Å². The highest BCUT2D eigenvalue weighted by Gasteiger charge is 2.45. The van der Waals surface area contributed by atoms with E-state index in [1.54, 1.807) is 28.0 Å². The highest BCUT2D eigenvalue weighted by molar-refractivity contribution is 5.76. The number of benzene rings is 1. The summed E-state index contributed by atoms with van der Waals surface area (Å²) in [6.45, 7) is 0. The second-order valence-electron chi connectivity index (χ2n) is 7.95. The SMILES string of the molecule is Cn1cc(-c2cccc(-c3ncc(-c4cnn(C)c4)c(NC4CC(F)(F)C4)n3)c2)cn1. The number of aromatic nitrogens is 6. The van der Waals surface area contributed by atoms with E-state index < -0.39 is 5.92 Å². The Kier molecular flexibility index (Phi) is 4.53. The van der Waals surface area contributed by atoms with Crippen LogP contribution in [0.25, 0.3) is 33.6 Å². The number of alkyl halides is 2. The maximum absolute atomic E-state index is 13.4. The molecule has 0 saturated heterocycles. The highest BCUT2D eigenvalue weighted by Crippen LogP contribution is 2.40. The van der Waals surface area contributed by atoms with Gasteiger partial charge in [-0.05, 0) is 11.6 Å². The fourth-order valence-electron chi connectivity index (χ4n) is 3.77. The van der Waals surface area contributed by atoms with Gasteiger partial charge < -0.3 is 5.32 Å². The maximum atomic E-state index is 13.4. The molecule has 0 amide bonds. The van der Waals surface area contributed by atoms with E-state index >= 15 is 0 Å². The van der Waals surface area contributed by atoms with Gasteiger partial charge in [0.1, 0.15) is 5.82 Å². The lowest BCUT2D eigenvalue weighted by Crippen LogP contribution is -2.44. The Hall–Kier alpha value is -3.62. The molecule has 4 aromatic rings. The van der Waals surface area contributed by atoms with Crippen LogP contribution in [0.2, 0.25) is 0 Å². The minimum Gasteiger partial charge on any atom is -0.366 e. The van der Waals surface area contributed by atoms with Gasteiger partial charge in [-0.15, -0.1) is 0 Å². The zero-order valence-corrected chi connectivity index (χ0v) is 17.1. The number of hydrogen-bond donors (Lipinski definition) is 1. The lowest BCUT2D eigenvalue weighted by atomic mass is 9.88. The monoisotopic (exact) mass is 421 g/mol. The van der Waals surface area contributed by atoms with Crippen LogP contribution >= 0.6 is 0 Å². The zero-order chi connectivity index (χ0) is 21.6. The number of rotatable bonds is 5. The molecule has 1 aliphatic rings. The minimum atomic E-state index is -2.61. The molecule has 1 saturated carbocycles. The van der Waals surface area contributed by atoms with Gasteiger partial charge in [0, 0.05) is 73.8 Å². The van der Waals surface area contributed by atoms with Gasteiger partial charge >= 0.3 is 0 Å². The molecule has 3 aromatic heterocycles. The molecule has 1 aliphatic carbocycles. The smallest absolute Gasteiger partial charge is 0.252 e. The first-order chi connectivity index (χ1) is 14.9. The van der Waals surface area contributed by atoms with Crippen molar-refractivity contribution in [2.75, 3.05) is 5.32 Å². The molecule has 0 aliphatic heterocycles. The lowest BCUT2D eigenvalue weighted by Gasteiger charge is -2.36. The van der Waals surface area contributed by atoms with Crippen molar-refractivity contribution in [2.45, 2.75) is 24.8 Å². The van der Waals surface area contributed by atoms with Crippen LogP contribution in [0.15, 0.2) is 55.2 Å². The number of nitrogens with one attached hydrogen (secondary N) is 1. The summed E-state index contributed by atoms with van der Waals surface area (Å²) in [5, 5.41) is 11.6. The fraction of sp³-hybridized carbons (Fsp3) is 0.273. The van der Waals surface area contributed by atoms with Crippen molar-refractivity contribution >= 4 is 5.82 Å². The molecule has 3 heterocycles. The van der Waals surface area contributed by atoms with Gasteiger partial charge in [0.2, 0.25) is 0 Å². The van der Waals surface area contributed by atoms with Gasteiger partial charge in [-0.2, -0.15) is 10.2 Å². The molecule has 0 bridgehead atoms. The summed E-state index contributed by atoms with van der Waals surface area (Å²) in [5.74, 6) is -1.56. The number of halogens is 2. The van der Waals surface area contributed by atoms with Crippen LogP contribution in [0.1, 0.15) is 12.8 Å². The zero-order valence-electron chi connectivity index (χ0n) is 17.1. The van der Waals surface area contributed by atoms with Crippen LogP contribution in [0, 0.1) is 0 Å². The third-order valence-corrected chi connectivity index (χ3v) is 5.39. The second-order valence-corrected chi connectivity index (χ2v) is 7.95. The van der Waals surface area contributed by atoms with Gasteiger partial charge in [0.05, 0.1) is 12.4 Å². The summed E-state index contributed by atoms with van der Waals surface area (Å²) in [7, 11) is 3.69. The lowest BCUT2D eigenvalue weighted by molar-refractivity contribution is -0.0794. The molecular weight excluding hydrogens is 400 g/mol. The molecule has 5 rings (SSSR count). The molecule has 31 heavy (non-hydrogen) atoms. The molecule has 0 spiro atoms. The fourth-order valence-corrected chi connectivity index (χ4v) is 3.77. The minimum absolute atomic E-state index is 0.199. The number of hydrogen-bond acceptors (Lipinski definition) is 5. The Bertz CT molecular complexity index is 1240. The summed E-state index contributed by atoms with van der Waals surface area (Å²) in [5.41, 5.74) is 4.38. The van der Waals surface area contributed by atoms with Gasteiger partial charge in [-0.1, -0.05) is 18.2 Å². The molecule has 0 radical (unpaired) electrons. The van der Waals surface area contributed by atoms with Crippen LogP contribution in [0.3, 0.4) is 0 Å². The van der Waals surface area contributed by atoms with Crippen molar-refractivity contribution in [3.63, 3.8) is 0 Å². The van der Waals surface area contributed by atoms with Crippen LogP contribution in [0.5, 0.6) is 0 Å². The summed E-state index contributed by atoms with van der Waals surface area (Å²) in [4.78, 5) is 9.27. The standard InChI is InChI=1S/C22H21F2N7/c1-30-12-16(9-26-30)14-4-3-5-15(6-14)20-25-11-19(17-10-27-31(2)13-17)21(29-20)28-18-7-22(23,24)8-18/h3-6,9-13,18H,7-8H2,1-2H3,(H,25,28,29). The molecular formula is C22H21F2N7. The Morgan fingerprint density at radius 2 is 1.61 bits per heavy atom. The van der Waals surface area contributed by atoms with Crippen molar-refractivity contribution in [1.29, 1.82) is 0 Å². The van der Waals surface area contributed by atoms with Crippen molar-refractivity contribution in [3.05, 3.63) is 55.2 Å². The highest BCUT2D eigenvalue weighted by atomic mass is 19.3. The summed E-state index contributed by atoms with van der Waals surface area (Å²) in [6.07, 6.45) is 8.62. The Labute approximate surface area is 177 Å². The summed E-state index contributed by atoms with van der Waals surface area (Å²) < 4.78 is 30.2. The molecule has 0 atom stereocenters. The van der Waals surface area contributed by atoms with E-state index in [0.717, 1.165) is 27.8 Å². The molecule has 1 N–H and O–H groups in total. The topological polar surface area (TPSA) is 73.5 Å². The van der Waals surface area contributed by atoms with Crippen molar-refractivity contribution in [3.8, 4) is 33.6 Å². The van der Waals surface area contributed by atoms with E-state index in [4.69, 9.17) is 4.98 Å². The first-order valence-corrected chi connectivity index (χ1v) is 9.96. The average Bonchev–Trinajstić information content (AvgIpc) is 3.35. The summed E-state index contributed by atoms with van der Waals surface area (Å²) >= 11 is 0. The van der Waals surface area contributed by atoms with Crippen LogP contribution in [-0.2, 0) is 14.1 Å². The first-order valence-electron chi connectivity index (χ1n) is 9.96. The van der Waals surface area contributed by atoms with E-state index in [-0.39, 0.29) is 18.9 Å². The summed E-state index contributed by atoms with van der Waals surface area (Å²) in [6, 6.07) is 7.54. The quantitative estimate of drug-likeness (QED) is 0.524. The number of anilines is 1. The van der Waals surface area contributed by atoms with Crippen molar-refractivity contribution < 1.29 is 8.78 Å². The predicted octanol–water partition coefficient (Wildman–Crippen LogP) is 4.15. The maximum Gasteiger partial charge on any atom is 0.252 e. The van der Waals surface area contributed by atoms with Crippen LogP contribution in [0.4, 0.5) is 14.6 Å². The molecule has 7 nitrogen and oxygen atoms in total. The average molecular weight is 421 g/mol. The number of aryl methyl sites for hydroxylation is 2. The third kappa shape index (κ3) is 3.90. The predicted molar refractivity (Wildman–Crippen MR) is 113 cm³/mol. The Morgan fingerprint density at radius 3 is 2.26 bits per heavy atom. The second kappa shape index (κ2) is 7.26. The van der Waals surface area contributed by atoms with E-state index in [0.29, 0.717) is 11.6 Å². The molecule has 158 valence electrons. The van der Waals surface area contributed by atoms with Gasteiger partial charge in [0.25, 0.3) is 5.92 Å². The Balaban J connectivity index is 1.52. The van der Waals surface area contributed by atoms with E-state index in [9.17, 15) is 8.78 Å². The molecule has 9 heteroatoms. The van der Waals surface area contributed by atoms with E-state index in [2.05, 4.69) is 20.5 Å². The third-order valence-electron chi connectivity index (χ3n) is 5.39. The van der Waals surface area contributed by atoms with E-state index in [1.807, 2.05) is 50.8 Å². The normalized spacial score (nSPS) is 15.6. The first kappa shape index (κ1) is 19.3. The van der Waals surface area contributed by atoms with Crippen LogP contribution in [-0.4, -0.2) is 41.5 Å². The van der Waals surface area contributed by atoms with Gasteiger partial charge in [-0.25, -0.2) is 18.7 Å². The molecule has 1 fully saturated rings. The largest absolute Gasteiger partial charge is 0.366 e. The van der Waals surface area contributed by atoms with Gasteiger partial charge in [-0.3, -0.25) is 9.36 Å². The number of nitrogens with zero attached hydrogens (tertiary/aromatic N) is 6. The Morgan fingerprint density at radius 1 is 0.935 bits per heavy atom. The van der Waals surface area contributed by atoms with Crippen molar-refractivity contribution in [2.24, 2.45) is 14.1 Å². The van der Waals surface area contributed by atoms with Crippen molar-refractivity contribution in [1.82, 2.24) is 29.5 Å².